The fourth-order valence-electron chi connectivity index (χ4n) is 2.09. The minimum Gasteiger partial charge on any atom is -0.380 e. The van der Waals surface area contributed by atoms with Crippen molar-refractivity contribution in [1.29, 1.82) is 0 Å². The first-order valence-electron chi connectivity index (χ1n) is 7.40. The highest BCUT2D eigenvalue weighted by molar-refractivity contribution is 5.15. The minimum atomic E-state index is 0.0969. The van der Waals surface area contributed by atoms with Crippen LogP contribution in [0.4, 0.5) is 0 Å². The average molecular weight is 264 g/mol. The van der Waals surface area contributed by atoms with Crippen LogP contribution in [-0.4, -0.2) is 25.8 Å². The maximum atomic E-state index is 6.05. The van der Waals surface area contributed by atoms with E-state index in [1.807, 2.05) is 18.2 Å². The fourth-order valence-corrected chi connectivity index (χ4v) is 2.09. The van der Waals surface area contributed by atoms with Crippen LogP contribution in [0.3, 0.4) is 0 Å². The molecule has 0 aliphatic heterocycles. The van der Waals surface area contributed by atoms with Gasteiger partial charge in [-0.1, -0.05) is 49.6 Å². The highest BCUT2D eigenvalue weighted by Crippen LogP contribution is 2.04. The summed E-state index contributed by atoms with van der Waals surface area (Å²) in [4.78, 5) is 0. The lowest BCUT2D eigenvalue weighted by Gasteiger charge is -2.12. The second-order valence-electron chi connectivity index (χ2n) is 5.08. The molecule has 0 spiro atoms. The van der Waals surface area contributed by atoms with Gasteiger partial charge in [-0.3, -0.25) is 0 Å². The Bertz CT molecular complexity index is 303. The predicted molar refractivity (Wildman–Crippen MR) is 81.1 cm³/mol. The maximum absolute atomic E-state index is 6.05. The average Bonchev–Trinajstić information content (AvgIpc) is 2.43. The van der Waals surface area contributed by atoms with E-state index in [0.29, 0.717) is 6.61 Å². The summed E-state index contributed by atoms with van der Waals surface area (Å²) in [7, 11) is 0. The second-order valence-corrected chi connectivity index (χ2v) is 5.08. The van der Waals surface area contributed by atoms with Gasteiger partial charge in [-0.05, 0) is 31.4 Å². The van der Waals surface area contributed by atoms with Gasteiger partial charge < -0.3 is 16.2 Å². The van der Waals surface area contributed by atoms with Crippen molar-refractivity contribution in [3.05, 3.63) is 35.9 Å². The zero-order valence-corrected chi connectivity index (χ0v) is 11.9. The van der Waals surface area contributed by atoms with Crippen LogP contribution >= 0.6 is 0 Å². The standard InChI is InChI=1S/C16H28N2O/c17-11-7-2-1-3-8-12-19-14-16(18)13-15-9-5-4-6-10-15/h4-6,9-10,16H,1-3,7-8,11-14,17-18H2. The topological polar surface area (TPSA) is 61.3 Å². The molecule has 1 aromatic carbocycles. The van der Waals surface area contributed by atoms with E-state index in [4.69, 9.17) is 16.2 Å². The molecule has 3 nitrogen and oxygen atoms in total. The summed E-state index contributed by atoms with van der Waals surface area (Å²) in [6.07, 6.45) is 6.89. The third-order valence-corrected chi connectivity index (χ3v) is 3.17. The summed E-state index contributed by atoms with van der Waals surface area (Å²) < 4.78 is 5.62. The van der Waals surface area contributed by atoms with E-state index < -0.39 is 0 Å². The predicted octanol–water partition coefficient (Wildman–Crippen LogP) is 2.48. The monoisotopic (exact) mass is 264 g/mol. The highest BCUT2D eigenvalue weighted by atomic mass is 16.5. The number of nitrogens with two attached hydrogens (primary N) is 2. The van der Waals surface area contributed by atoms with E-state index >= 15 is 0 Å². The third-order valence-electron chi connectivity index (χ3n) is 3.17. The number of benzene rings is 1. The van der Waals surface area contributed by atoms with Gasteiger partial charge in [0.15, 0.2) is 0 Å². The van der Waals surface area contributed by atoms with Gasteiger partial charge in [-0.15, -0.1) is 0 Å². The van der Waals surface area contributed by atoms with Gasteiger partial charge in [0.2, 0.25) is 0 Å². The number of rotatable bonds is 11. The Morgan fingerprint density at radius 2 is 1.63 bits per heavy atom. The van der Waals surface area contributed by atoms with E-state index in [0.717, 1.165) is 32.4 Å². The summed E-state index contributed by atoms with van der Waals surface area (Å²) in [5.74, 6) is 0. The van der Waals surface area contributed by atoms with Gasteiger partial charge in [-0.25, -0.2) is 0 Å². The van der Waals surface area contributed by atoms with Crippen LogP contribution in [0.5, 0.6) is 0 Å². The Kier molecular flexibility index (Phi) is 9.33. The quantitative estimate of drug-likeness (QED) is 0.604. The van der Waals surface area contributed by atoms with Gasteiger partial charge in [0.1, 0.15) is 0 Å². The van der Waals surface area contributed by atoms with Gasteiger partial charge in [0.05, 0.1) is 6.61 Å². The summed E-state index contributed by atoms with van der Waals surface area (Å²) >= 11 is 0. The Hall–Kier alpha value is -0.900. The van der Waals surface area contributed by atoms with Crippen molar-refractivity contribution in [3.8, 4) is 0 Å². The van der Waals surface area contributed by atoms with E-state index in [2.05, 4.69) is 12.1 Å². The van der Waals surface area contributed by atoms with Crippen molar-refractivity contribution in [3.63, 3.8) is 0 Å². The second kappa shape index (κ2) is 11.0. The summed E-state index contributed by atoms with van der Waals surface area (Å²) in [5, 5.41) is 0. The SMILES string of the molecule is NCCCCCCCOCC(N)Cc1ccccc1. The van der Waals surface area contributed by atoms with Crippen LogP contribution in [0.2, 0.25) is 0 Å². The first-order chi connectivity index (χ1) is 9.33. The zero-order chi connectivity index (χ0) is 13.8. The van der Waals surface area contributed by atoms with Crippen molar-refractivity contribution < 1.29 is 4.74 Å². The van der Waals surface area contributed by atoms with Crippen LogP contribution in [0, 0.1) is 0 Å². The molecule has 3 heteroatoms. The van der Waals surface area contributed by atoms with Gasteiger partial charge in [0.25, 0.3) is 0 Å². The Balaban J connectivity index is 1.94. The molecule has 19 heavy (non-hydrogen) atoms. The Morgan fingerprint density at radius 1 is 0.947 bits per heavy atom. The lowest BCUT2D eigenvalue weighted by Crippen LogP contribution is -2.28. The molecular weight excluding hydrogens is 236 g/mol. The van der Waals surface area contributed by atoms with Gasteiger partial charge in [-0.2, -0.15) is 0 Å². The molecule has 0 fully saturated rings. The smallest absolute Gasteiger partial charge is 0.0620 e. The van der Waals surface area contributed by atoms with Crippen LogP contribution in [0.1, 0.15) is 37.7 Å². The number of hydrogen-bond acceptors (Lipinski definition) is 3. The molecule has 108 valence electrons. The van der Waals surface area contributed by atoms with Crippen LogP contribution in [-0.2, 0) is 11.2 Å². The first-order valence-corrected chi connectivity index (χ1v) is 7.40. The molecule has 0 aliphatic carbocycles. The highest BCUT2D eigenvalue weighted by Gasteiger charge is 2.03. The van der Waals surface area contributed by atoms with Crippen LogP contribution < -0.4 is 11.5 Å². The number of unbranched alkanes of at least 4 members (excludes halogenated alkanes) is 4. The molecule has 0 aromatic heterocycles. The molecule has 0 amide bonds. The van der Waals surface area contributed by atoms with Crippen molar-refractivity contribution in [2.24, 2.45) is 11.5 Å². The van der Waals surface area contributed by atoms with Crippen LogP contribution in [0.15, 0.2) is 30.3 Å². The largest absolute Gasteiger partial charge is 0.380 e. The molecule has 1 atom stereocenters. The molecule has 1 unspecified atom stereocenters. The van der Waals surface area contributed by atoms with E-state index in [1.54, 1.807) is 0 Å². The Morgan fingerprint density at radius 3 is 2.37 bits per heavy atom. The summed E-state index contributed by atoms with van der Waals surface area (Å²) in [6, 6.07) is 10.4. The minimum absolute atomic E-state index is 0.0969. The molecule has 0 saturated heterocycles. The van der Waals surface area contributed by atoms with Crippen molar-refractivity contribution in [2.75, 3.05) is 19.8 Å². The van der Waals surface area contributed by atoms with E-state index in [-0.39, 0.29) is 6.04 Å². The Labute approximate surface area is 117 Å². The molecular formula is C16H28N2O. The van der Waals surface area contributed by atoms with Gasteiger partial charge in [0, 0.05) is 12.6 Å². The number of ether oxygens (including phenoxy) is 1. The molecule has 0 saturated carbocycles. The van der Waals surface area contributed by atoms with E-state index in [9.17, 15) is 0 Å². The molecule has 0 aliphatic rings. The molecule has 0 heterocycles. The molecule has 0 bridgehead atoms. The normalized spacial score (nSPS) is 12.5. The van der Waals surface area contributed by atoms with Crippen molar-refractivity contribution in [2.45, 2.75) is 44.6 Å². The van der Waals surface area contributed by atoms with Crippen molar-refractivity contribution >= 4 is 0 Å². The summed E-state index contributed by atoms with van der Waals surface area (Å²) in [5.41, 5.74) is 12.8. The first kappa shape index (κ1) is 16.2. The lowest BCUT2D eigenvalue weighted by atomic mass is 10.1. The van der Waals surface area contributed by atoms with Crippen molar-refractivity contribution in [1.82, 2.24) is 0 Å². The molecule has 1 rings (SSSR count). The third kappa shape index (κ3) is 8.76. The van der Waals surface area contributed by atoms with E-state index in [1.165, 1.54) is 24.8 Å². The zero-order valence-electron chi connectivity index (χ0n) is 11.9. The molecule has 1 aromatic rings. The molecule has 4 N–H and O–H groups in total. The maximum Gasteiger partial charge on any atom is 0.0620 e. The number of hydrogen-bond donors (Lipinski definition) is 2. The fraction of sp³-hybridized carbons (Fsp3) is 0.625. The van der Waals surface area contributed by atoms with Gasteiger partial charge >= 0.3 is 0 Å². The lowest BCUT2D eigenvalue weighted by molar-refractivity contribution is 0.117. The summed E-state index contributed by atoms with van der Waals surface area (Å²) in [6.45, 7) is 2.29. The van der Waals surface area contributed by atoms with Crippen LogP contribution in [0.25, 0.3) is 0 Å². The molecule has 0 radical (unpaired) electrons.